The number of anilines is 1. The predicted octanol–water partition coefficient (Wildman–Crippen LogP) is 8.64. The van der Waals surface area contributed by atoms with Crippen LogP contribution in [0.2, 0.25) is 0 Å². The fourth-order valence-electron chi connectivity index (χ4n) is 6.51. The lowest BCUT2D eigenvalue weighted by Crippen LogP contribution is -2.34. The smallest absolute Gasteiger partial charge is 0.124 e. The second kappa shape index (κ2) is 10.5. The Labute approximate surface area is 255 Å². The summed E-state index contributed by atoms with van der Waals surface area (Å²) in [6.07, 6.45) is 0. The van der Waals surface area contributed by atoms with E-state index in [2.05, 4.69) is 99.9 Å². The second-order valence-corrected chi connectivity index (χ2v) is 11.2. The number of phenolic OH excluding ortho intramolecular Hbond substituents is 1. The Kier molecular flexibility index (Phi) is 6.15. The molecule has 44 heavy (non-hydrogen) atoms. The summed E-state index contributed by atoms with van der Waals surface area (Å²) in [6, 6.07) is 49.6. The summed E-state index contributed by atoms with van der Waals surface area (Å²) in [7, 11) is 0. The number of nitrogens with zero attached hydrogens (tertiary/aromatic N) is 3. The number of nitrogens with one attached hydrogen (secondary N) is 1. The van der Waals surface area contributed by atoms with Gasteiger partial charge in [0.15, 0.2) is 0 Å². The van der Waals surface area contributed by atoms with Gasteiger partial charge in [-0.2, -0.15) is 5.26 Å². The number of para-hydroxylation sites is 2. The lowest BCUT2D eigenvalue weighted by molar-refractivity contribution is 0.478. The van der Waals surface area contributed by atoms with E-state index in [1.807, 2.05) is 60.7 Å². The number of hydrogen-bond acceptors (Lipinski definition) is 4. The zero-order chi connectivity index (χ0) is 29.6. The van der Waals surface area contributed by atoms with E-state index in [0.29, 0.717) is 12.1 Å². The Morgan fingerprint density at radius 1 is 0.705 bits per heavy atom. The molecule has 0 saturated carbocycles. The molecule has 8 rings (SSSR count). The number of phenols is 1. The van der Waals surface area contributed by atoms with Crippen LogP contribution in [0.25, 0.3) is 38.6 Å². The van der Waals surface area contributed by atoms with Crippen molar-refractivity contribution in [2.75, 3.05) is 5.01 Å². The Balaban J connectivity index is 1.15. The first-order valence-electron chi connectivity index (χ1n) is 14.7. The minimum atomic E-state index is -0.0217. The minimum Gasteiger partial charge on any atom is -0.507 e. The number of aromatic nitrogens is 1. The van der Waals surface area contributed by atoms with E-state index in [4.69, 9.17) is 0 Å². The van der Waals surface area contributed by atoms with Gasteiger partial charge in [-0.1, -0.05) is 91.0 Å². The van der Waals surface area contributed by atoms with Crippen LogP contribution in [0, 0.1) is 11.3 Å². The highest BCUT2D eigenvalue weighted by Gasteiger charge is 2.29. The highest BCUT2D eigenvalue weighted by atomic mass is 16.3. The molecule has 5 heteroatoms. The van der Waals surface area contributed by atoms with Crippen LogP contribution in [-0.4, -0.2) is 9.67 Å². The molecule has 1 atom stereocenters. The summed E-state index contributed by atoms with van der Waals surface area (Å²) in [5.41, 5.74) is 13.9. The molecular formula is C39H28N4O. The van der Waals surface area contributed by atoms with Gasteiger partial charge < -0.3 is 14.7 Å². The van der Waals surface area contributed by atoms with Gasteiger partial charge in [-0.25, -0.2) is 5.43 Å². The van der Waals surface area contributed by atoms with Gasteiger partial charge in [0.1, 0.15) is 5.75 Å². The molecule has 0 saturated heterocycles. The molecule has 0 fully saturated rings. The first-order chi connectivity index (χ1) is 21.7. The molecule has 0 spiro atoms. The average molecular weight is 569 g/mol. The molecule has 5 nitrogen and oxygen atoms in total. The number of hydrazine groups is 1. The highest BCUT2D eigenvalue weighted by molar-refractivity contribution is 6.11. The highest BCUT2D eigenvalue weighted by Crippen LogP contribution is 2.40. The third kappa shape index (κ3) is 4.29. The third-order valence-electron chi connectivity index (χ3n) is 8.58. The van der Waals surface area contributed by atoms with Crippen molar-refractivity contribution < 1.29 is 5.11 Å². The molecule has 1 unspecified atom stereocenters. The van der Waals surface area contributed by atoms with Gasteiger partial charge in [-0.3, -0.25) is 0 Å². The van der Waals surface area contributed by atoms with Crippen molar-refractivity contribution in [2.45, 2.75) is 12.6 Å². The molecule has 1 aliphatic heterocycles. The zero-order valence-corrected chi connectivity index (χ0v) is 23.9. The number of hydrogen-bond donors (Lipinski definition) is 2. The first kappa shape index (κ1) is 25.8. The van der Waals surface area contributed by atoms with Crippen molar-refractivity contribution in [1.82, 2.24) is 9.99 Å². The van der Waals surface area contributed by atoms with Crippen LogP contribution in [0.4, 0.5) is 5.69 Å². The number of nitriles is 1. The number of fused-ring (bicyclic) bond motifs is 4. The quantitative estimate of drug-likeness (QED) is 0.218. The number of benzene rings is 6. The van der Waals surface area contributed by atoms with Gasteiger partial charge in [0, 0.05) is 27.6 Å². The van der Waals surface area contributed by atoms with E-state index in [1.54, 1.807) is 0 Å². The van der Waals surface area contributed by atoms with E-state index in [-0.39, 0.29) is 11.8 Å². The van der Waals surface area contributed by atoms with Crippen molar-refractivity contribution in [3.8, 4) is 28.6 Å². The fraction of sp³-hybridized carbons (Fsp3) is 0.0513. The van der Waals surface area contributed by atoms with E-state index in [1.165, 1.54) is 11.1 Å². The van der Waals surface area contributed by atoms with Crippen LogP contribution in [-0.2, 0) is 6.54 Å². The van der Waals surface area contributed by atoms with Crippen molar-refractivity contribution in [1.29, 1.82) is 5.26 Å². The van der Waals surface area contributed by atoms with Crippen LogP contribution >= 0.6 is 0 Å². The normalized spacial score (nSPS) is 14.2. The summed E-state index contributed by atoms with van der Waals surface area (Å²) in [4.78, 5) is 0. The Bertz CT molecular complexity index is 2210. The zero-order valence-electron chi connectivity index (χ0n) is 23.9. The topological polar surface area (TPSA) is 64.2 Å². The predicted molar refractivity (Wildman–Crippen MR) is 177 cm³/mol. The van der Waals surface area contributed by atoms with E-state index < -0.39 is 0 Å². The van der Waals surface area contributed by atoms with Gasteiger partial charge in [0.05, 0.1) is 40.9 Å². The van der Waals surface area contributed by atoms with Crippen LogP contribution in [0.1, 0.15) is 28.3 Å². The third-order valence-corrected chi connectivity index (χ3v) is 8.58. The van der Waals surface area contributed by atoms with Crippen LogP contribution in [0.3, 0.4) is 0 Å². The van der Waals surface area contributed by atoms with Crippen molar-refractivity contribution in [3.63, 3.8) is 0 Å². The first-order valence-corrected chi connectivity index (χ1v) is 14.7. The molecule has 0 amide bonds. The molecule has 2 heterocycles. The summed E-state index contributed by atoms with van der Waals surface area (Å²) in [6.45, 7) is 0.685. The summed E-state index contributed by atoms with van der Waals surface area (Å²) in [5.74, 6) is 0.276. The van der Waals surface area contributed by atoms with Crippen LogP contribution < -0.4 is 10.4 Å². The van der Waals surface area contributed by atoms with Crippen molar-refractivity contribution in [3.05, 3.63) is 162 Å². The molecule has 2 N–H and O–H groups in total. The lowest BCUT2D eigenvalue weighted by atomic mass is 9.98. The second-order valence-electron chi connectivity index (χ2n) is 11.2. The lowest BCUT2D eigenvalue weighted by Gasteiger charge is -2.21. The minimum absolute atomic E-state index is 0.0217. The van der Waals surface area contributed by atoms with Gasteiger partial charge in [-0.05, 0) is 65.2 Å². The molecular weight excluding hydrogens is 540 g/mol. The van der Waals surface area contributed by atoms with E-state index in [9.17, 15) is 10.4 Å². The van der Waals surface area contributed by atoms with Gasteiger partial charge in [0.2, 0.25) is 0 Å². The Hall–Kier alpha value is -5.83. The monoisotopic (exact) mass is 568 g/mol. The van der Waals surface area contributed by atoms with Gasteiger partial charge >= 0.3 is 0 Å². The van der Waals surface area contributed by atoms with E-state index >= 15 is 0 Å². The standard InChI is InChI=1S/C39H28N4O/c40-24-27-9-8-12-29(21-27)39-32-14-5-6-15-35(32)42(41-39)25-26-17-19-30(20-18-26)43-36-16-7-4-13-31(36)34-23-38(44)33(22-37(34)43)28-10-2-1-3-11-28/h1-23,39,41,44H,25H2. The maximum absolute atomic E-state index is 11.0. The van der Waals surface area contributed by atoms with Crippen LogP contribution in [0.15, 0.2) is 140 Å². The van der Waals surface area contributed by atoms with Crippen molar-refractivity contribution >= 4 is 27.5 Å². The average Bonchev–Trinajstić information content (AvgIpc) is 3.60. The molecule has 210 valence electrons. The maximum Gasteiger partial charge on any atom is 0.124 e. The Morgan fingerprint density at radius 3 is 2.32 bits per heavy atom. The SMILES string of the molecule is N#Cc1cccc(C2NN(Cc3ccc(-n4c5ccccc5c5cc(O)c(-c6ccccc6)cc54)cc3)c3ccccc32)c1. The molecule has 7 aromatic rings. The summed E-state index contributed by atoms with van der Waals surface area (Å²) in [5, 5.41) is 24.8. The number of aromatic hydroxyl groups is 1. The molecule has 0 aliphatic carbocycles. The Morgan fingerprint density at radius 2 is 1.48 bits per heavy atom. The molecule has 0 bridgehead atoms. The van der Waals surface area contributed by atoms with E-state index in [0.717, 1.165) is 49.9 Å². The summed E-state index contributed by atoms with van der Waals surface area (Å²) < 4.78 is 2.28. The summed E-state index contributed by atoms with van der Waals surface area (Å²) >= 11 is 0. The van der Waals surface area contributed by atoms with Crippen LogP contribution in [0.5, 0.6) is 5.75 Å². The largest absolute Gasteiger partial charge is 0.507 e. The molecule has 6 aromatic carbocycles. The molecule has 1 aliphatic rings. The fourth-order valence-corrected chi connectivity index (χ4v) is 6.51. The molecule has 1 aromatic heterocycles. The maximum atomic E-state index is 11.0. The van der Waals surface area contributed by atoms with Gasteiger partial charge in [0.25, 0.3) is 0 Å². The van der Waals surface area contributed by atoms with Gasteiger partial charge in [-0.15, -0.1) is 0 Å². The molecule has 0 radical (unpaired) electrons. The van der Waals surface area contributed by atoms with Crippen molar-refractivity contribution in [2.24, 2.45) is 0 Å². The number of rotatable bonds is 5.